The fourth-order valence-electron chi connectivity index (χ4n) is 3.40. The van der Waals surface area contributed by atoms with E-state index in [1.807, 2.05) is 0 Å². The molecule has 0 saturated carbocycles. The zero-order valence-electron chi connectivity index (χ0n) is 19.5. The highest BCUT2D eigenvalue weighted by molar-refractivity contribution is 5.94. The molecular formula is C27H36N2O3. The molecule has 0 N–H and O–H groups in total. The first-order valence-corrected chi connectivity index (χ1v) is 11.9. The molecule has 0 radical (unpaired) electrons. The van der Waals surface area contributed by atoms with E-state index in [2.05, 4.69) is 17.2 Å². The molecule has 0 spiro atoms. The molecule has 2 aromatic carbocycles. The van der Waals surface area contributed by atoms with Gasteiger partial charge in [-0.25, -0.2) is 0 Å². The van der Waals surface area contributed by atoms with Crippen LogP contribution in [0.15, 0.2) is 58.8 Å². The Bertz CT molecular complexity index is 842. The topological polar surface area (TPSA) is 68.1 Å². The predicted octanol–water partition coefficient (Wildman–Crippen LogP) is 8.52. The van der Waals surface area contributed by atoms with E-state index in [1.165, 1.54) is 58.3 Å². The smallest absolute Gasteiger partial charge is 0.311 e. The Kier molecular flexibility index (Phi) is 12.0. The Hall–Kier alpha value is -2.82. The van der Waals surface area contributed by atoms with E-state index in [-0.39, 0.29) is 11.8 Å². The summed E-state index contributed by atoms with van der Waals surface area (Å²) in [6.45, 7) is 3.77. The largest absolute Gasteiger partial charge is 0.427 e. The zero-order valence-corrected chi connectivity index (χ0v) is 19.5. The van der Waals surface area contributed by atoms with Crippen molar-refractivity contribution >= 4 is 23.1 Å². The molecule has 0 aliphatic carbocycles. The Morgan fingerprint density at radius 1 is 0.688 bits per heavy atom. The van der Waals surface area contributed by atoms with E-state index in [0.717, 1.165) is 12.8 Å². The van der Waals surface area contributed by atoms with Crippen molar-refractivity contribution in [3.8, 4) is 5.75 Å². The number of unbranched alkanes of at least 4 members (excludes halogenated alkanes) is 9. The Morgan fingerprint density at radius 2 is 1.16 bits per heavy atom. The van der Waals surface area contributed by atoms with E-state index in [9.17, 15) is 9.59 Å². The van der Waals surface area contributed by atoms with Gasteiger partial charge in [0.25, 0.3) is 0 Å². The number of ether oxygens (including phenoxy) is 1. The third kappa shape index (κ3) is 10.5. The number of esters is 1. The van der Waals surface area contributed by atoms with Gasteiger partial charge < -0.3 is 4.74 Å². The molecule has 0 amide bonds. The molecule has 2 aromatic rings. The summed E-state index contributed by atoms with van der Waals surface area (Å²) in [6.07, 6.45) is 12.9. The highest BCUT2D eigenvalue weighted by Crippen LogP contribution is 2.22. The SMILES string of the molecule is CCCCCCCCCCCCC(=O)Oc1ccc(N=Nc2ccc(C(C)=O)cc2)cc1. The third-order valence-electron chi connectivity index (χ3n) is 5.36. The van der Waals surface area contributed by atoms with Gasteiger partial charge in [0.05, 0.1) is 11.4 Å². The minimum Gasteiger partial charge on any atom is -0.427 e. The van der Waals surface area contributed by atoms with Crippen molar-refractivity contribution in [3.63, 3.8) is 0 Å². The lowest BCUT2D eigenvalue weighted by atomic mass is 10.1. The van der Waals surface area contributed by atoms with Crippen LogP contribution in [0.4, 0.5) is 11.4 Å². The maximum absolute atomic E-state index is 12.0. The molecule has 0 fully saturated rings. The number of carbonyl (C=O) groups is 2. The van der Waals surface area contributed by atoms with Gasteiger partial charge in [-0.15, -0.1) is 0 Å². The summed E-state index contributed by atoms with van der Waals surface area (Å²) in [4.78, 5) is 23.3. The Balaban J connectivity index is 1.62. The number of hydrogen-bond acceptors (Lipinski definition) is 5. The molecule has 0 unspecified atom stereocenters. The van der Waals surface area contributed by atoms with Crippen LogP contribution in [-0.2, 0) is 4.79 Å². The van der Waals surface area contributed by atoms with Crippen LogP contribution < -0.4 is 4.74 Å². The highest BCUT2D eigenvalue weighted by Gasteiger charge is 2.05. The number of hydrogen-bond donors (Lipinski definition) is 0. The molecule has 0 heterocycles. The first-order chi connectivity index (χ1) is 15.6. The molecule has 0 aromatic heterocycles. The van der Waals surface area contributed by atoms with Crippen LogP contribution in [0.25, 0.3) is 0 Å². The minimum atomic E-state index is -0.190. The first-order valence-electron chi connectivity index (χ1n) is 11.9. The molecular weight excluding hydrogens is 400 g/mol. The van der Waals surface area contributed by atoms with Gasteiger partial charge in [0.2, 0.25) is 0 Å². The number of nitrogens with zero attached hydrogens (tertiary/aromatic N) is 2. The maximum Gasteiger partial charge on any atom is 0.311 e. The zero-order chi connectivity index (χ0) is 23.0. The second-order valence-corrected chi connectivity index (χ2v) is 8.20. The molecule has 5 nitrogen and oxygen atoms in total. The quantitative estimate of drug-likeness (QED) is 0.0923. The van der Waals surface area contributed by atoms with Gasteiger partial charge in [-0.05, 0) is 61.9 Å². The second-order valence-electron chi connectivity index (χ2n) is 8.20. The summed E-state index contributed by atoms with van der Waals surface area (Å²) in [7, 11) is 0. The molecule has 0 aliphatic heterocycles. The van der Waals surface area contributed by atoms with Crippen LogP contribution in [0.3, 0.4) is 0 Å². The second kappa shape index (κ2) is 15.1. The van der Waals surface area contributed by atoms with Gasteiger partial charge in [0.1, 0.15) is 5.75 Å². The molecule has 0 aliphatic rings. The van der Waals surface area contributed by atoms with E-state index in [0.29, 0.717) is 29.1 Å². The lowest BCUT2D eigenvalue weighted by molar-refractivity contribution is -0.134. The molecule has 172 valence electrons. The van der Waals surface area contributed by atoms with Gasteiger partial charge in [-0.3, -0.25) is 9.59 Å². The van der Waals surface area contributed by atoms with Gasteiger partial charge in [-0.2, -0.15) is 10.2 Å². The van der Waals surface area contributed by atoms with Gasteiger partial charge in [0.15, 0.2) is 5.78 Å². The fraction of sp³-hybridized carbons (Fsp3) is 0.481. The van der Waals surface area contributed by atoms with Crippen molar-refractivity contribution in [1.29, 1.82) is 0 Å². The van der Waals surface area contributed by atoms with Crippen molar-refractivity contribution in [3.05, 3.63) is 54.1 Å². The first kappa shape index (κ1) is 25.4. The van der Waals surface area contributed by atoms with Crippen molar-refractivity contribution < 1.29 is 14.3 Å². The summed E-state index contributed by atoms with van der Waals surface area (Å²) in [6, 6.07) is 13.9. The van der Waals surface area contributed by atoms with E-state index < -0.39 is 0 Å². The van der Waals surface area contributed by atoms with Crippen molar-refractivity contribution in [2.24, 2.45) is 10.2 Å². The van der Waals surface area contributed by atoms with Gasteiger partial charge in [-0.1, -0.05) is 64.7 Å². The van der Waals surface area contributed by atoms with E-state index in [4.69, 9.17) is 4.74 Å². The average molecular weight is 437 g/mol. The third-order valence-corrected chi connectivity index (χ3v) is 5.36. The number of azo groups is 1. The van der Waals surface area contributed by atoms with Crippen LogP contribution >= 0.6 is 0 Å². The standard InChI is InChI=1S/C27H36N2O3/c1-3-4-5-6-7-8-9-10-11-12-13-27(31)32-26-20-18-25(19-21-26)29-28-24-16-14-23(15-17-24)22(2)30/h14-21H,3-13H2,1-2H3. The summed E-state index contributed by atoms with van der Waals surface area (Å²) < 4.78 is 5.41. The van der Waals surface area contributed by atoms with Crippen molar-refractivity contribution in [1.82, 2.24) is 0 Å². The van der Waals surface area contributed by atoms with Gasteiger partial charge in [0, 0.05) is 12.0 Å². The average Bonchev–Trinajstić information content (AvgIpc) is 2.80. The van der Waals surface area contributed by atoms with Crippen molar-refractivity contribution in [2.45, 2.75) is 84.5 Å². The van der Waals surface area contributed by atoms with Crippen LogP contribution in [0.2, 0.25) is 0 Å². The summed E-state index contributed by atoms with van der Waals surface area (Å²) in [5.41, 5.74) is 1.98. The van der Waals surface area contributed by atoms with Crippen molar-refractivity contribution in [2.75, 3.05) is 0 Å². The number of benzene rings is 2. The van der Waals surface area contributed by atoms with Gasteiger partial charge >= 0.3 is 5.97 Å². The molecule has 5 heteroatoms. The summed E-state index contributed by atoms with van der Waals surface area (Å²) in [5.74, 6) is 0.350. The van der Waals surface area contributed by atoms with Crippen LogP contribution in [0, 0.1) is 0 Å². The van der Waals surface area contributed by atoms with E-state index >= 15 is 0 Å². The number of ketones is 1. The van der Waals surface area contributed by atoms with Crippen LogP contribution in [0.5, 0.6) is 5.75 Å². The Labute approximate surface area is 192 Å². The lowest BCUT2D eigenvalue weighted by Crippen LogP contribution is -2.07. The number of Topliss-reactive ketones (excluding diaryl/α,β-unsaturated/α-hetero) is 1. The van der Waals surface area contributed by atoms with E-state index in [1.54, 1.807) is 48.5 Å². The molecule has 0 bridgehead atoms. The maximum atomic E-state index is 12.0. The number of carbonyl (C=O) groups excluding carboxylic acids is 2. The Morgan fingerprint density at radius 3 is 1.66 bits per heavy atom. The minimum absolute atomic E-state index is 0.0202. The molecule has 0 atom stereocenters. The molecule has 32 heavy (non-hydrogen) atoms. The summed E-state index contributed by atoms with van der Waals surface area (Å²) >= 11 is 0. The normalized spacial score (nSPS) is 11.1. The number of rotatable bonds is 15. The monoisotopic (exact) mass is 436 g/mol. The van der Waals surface area contributed by atoms with Crippen LogP contribution in [-0.4, -0.2) is 11.8 Å². The summed E-state index contributed by atoms with van der Waals surface area (Å²) in [5, 5.41) is 8.34. The highest BCUT2D eigenvalue weighted by atomic mass is 16.5. The molecule has 2 rings (SSSR count). The molecule has 0 saturated heterocycles. The lowest BCUT2D eigenvalue weighted by Gasteiger charge is -2.05. The van der Waals surface area contributed by atoms with Crippen LogP contribution in [0.1, 0.15) is 94.8 Å². The fourth-order valence-corrected chi connectivity index (χ4v) is 3.40. The predicted molar refractivity (Wildman–Crippen MR) is 129 cm³/mol.